The van der Waals surface area contributed by atoms with Crippen molar-refractivity contribution in [3.63, 3.8) is 0 Å². The number of halogens is 3. The number of carbonyl (C=O) groups excluding carboxylic acids is 1. The van der Waals surface area contributed by atoms with Gasteiger partial charge in [-0.25, -0.2) is 4.79 Å². The standard InChI is InChI=1S/C11H17F3N2O3/c1-2-15(7-11(12,13)14)10(19)16-4-3-8(6-16)5-9(17)18/h8H,2-7H2,1H3,(H,17,18). The molecule has 110 valence electrons. The molecule has 0 aromatic carbocycles. The van der Waals surface area contributed by atoms with Crippen LogP contribution in [0.25, 0.3) is 0 Å². The first kappa shape index (κ1) is 15.6. The van der Waals surface area contributed by atoms with Crippen molar-refractivity contribution < 1.29 is 27.9 Å². The van der Waals surface area contributed by atoms with Crippen LogP contribution >= 0.6 is 0 Å². The van der Waals surface area contributed by atoms with E-state index in [1.165, 1.54) is 11.8 Å². The molecule has 0 aromatic heterocycles. The average Bonchev–Trinajstić information content (AvgIpc) is 2.71. The highest BCUT2D eigenvalue weighted by atomic mass is 19.4. The van der Waals surface area contributed by atoms with Gasteiger partial charge in [0.1, 0.15) is 6.54 Å². The van der Waals surface area contributed by atoms with E-state index in [4.69, 9.17) is 5.11 Å². The molecule has 1 saturated heterocycles. The van der Waals surface area contributed by atoms with Crippen molar-refractivity contribution in [1.29, 1.82) is 0 Å². The minimum Gasteiger partial charge on any atom is -0.481 e. The summed E-state index contributed by atoms with van der Waals surface area (Å²) in [4.78, 5) is 24.5. The van der Waals surface area contributed by atoms with Crippen LogP contribution in [0, 0.1) is 5.92 Å². The number of alkyl halides is 3. The molecule has 1 aliphatic heterocycles. The van der Waals surface area contributed by atoms with Gasteiger partial charge in [-0.05, 0) is 19.3 Å². The zero-order valence-corrected chi connectivity index (χ0v) is 10.6. The Labute approximate surface area is 109 Å². The topological polar surface area (TPSA) is 60.9 Å². The minimum atomic E-state index is -4.42. The Morgan fingerprint density at radius 2 is 2.05 bits per heavy atom. The Balaban J connectivity index is 2.55. The number of carboxylic acid groups (broad SMARTS) is 1. The molecule has 5 nitrogen and oxygen atoms in total. The lowest BCUT2D eigenvalue weighted by Gasteiger charge is -2.27. The predicted molar refractivity (Wildman–Crippen MR) is 60.6 cm³/mol. The Bertz CT molecular complexity index is 347. The lowest BCUT2D eigenvalue weighted by Crippen LogP contribution is -2.46. The molecule has 1 heterocycles. The second-order valence-corrected chi connectivity index (χ2v) is 4.61. The number of hydrogen-bond donors (Lipinski definition) is 1. The van der Waals surface area contributed by atoms with Crippen molar-refractivity contribution in [2.24, 2.45) is 5.92 Å². The zero-order valence-electron chi connectivity index (χ0n) is 10.6. The highest BCUT2D eigenvalue weighted by molar-refractivity contribution is 5.75. The molecule has 8 heteroatoms. The van der Waals surface area contributed by atoms with Crippen molar-refractivity contribution in [2.45, 2.75) is 25.9 Å². The lowest BCUT2D eigenvalue weighted by atomic mass is 10.1. The Morgan fingerprint density at radius 1 is 1.42 bits per heavy atom. The van der Waals surface area contributed by atoms with Crippen LogP contribution in [-0.4, -0.2) is 59.3 Å². The summed E-state index contributed by atoms with van der Waals surface area (Å²) in [6.07, 6.45) is -3.97. The molecular formula is C11H17F3N2O3. The number of nitrogens with zero attached hydrogens (tertiary/aromatic N) is 2. The molecule has 0 aromatic rings. The van der Waals surface area contributed by atoms with E-state index in [1.54, 1.807) is 0 Å². The quantitative estimate of drug-likeness (QED) is 0.855. The van der Waals surface area contributed by atoms with E-state index in [9.17, 15) is 22.8 Å². The van der Waals surface area contributed by atoms with Crippen LogP contribution in [0.4, 0.5) is 18.0 Å². The zero-order chi connectivity index (χ0) is 14.6. The summed E-state index contributed by atoms with van der Waals surface area (Å²) in [7, 11) is 0. The fraction of sp³-hybridized carbons (Fsp3) is 0.818. The largest absolute Gasteiger partial charge is 0.481 e. The Hall–Kier alpha value is -1.47. The highest BCUT2D eigenvalue weighted by Crippen LogP contribution is 2.22. The number of carboxylic acids is 1. The number of amides is 2. The third kappa shape index (κ3) is 4.96. The molecule has 0 radical (unpaired) electrons. The van der Waals surface area contributed by atoms with Gasteiger partial charge in [-0.1, -0.05) is 0 Å². The molecule has 0 spiro atoms. The van der Waals surface area contributed by atoms with Crippen LogP contribution in [0.15, 0.2) is 0 Å². The normalized spacial score (nSPS) is 19.6. The van der Waals surface area contributed by atoms with Gasteiger partial charge in [0.05, 0.1) is 0 Å². The van der Waals surface area contributed by atoms with Crippen LogP contribution in [0.2, 0.25) is 0 Å². The maximum atomic E-state index is 12.3. The smallest absolute Gasteiger partial charge is 0.406 e. The van der Waals surface area contributed by atoms with Crippen LogP contribution in [0.5, 0.6) is 0 Å². The molecule has 1 unspecified atom stereocenters. The molecule has 0 saturated carbocycles. The number of aliphatic carboxylic acids is 1. The van der Waals surface area contributed by atoms with E-state index in [2.05, 4.69) is 0 Å². The van der Waals surface area contributed by atoms with Gasteiger partial charge in [-0.3, -0.25) is 4.79 Å². The summed E-state index contributed by atoms with van der Waals surface area (Å²) in [5, 5.41) is 8.64. The molecule has 0 aliphatic carbocycles. The fourth-order valence-corrected chi connectivity index (χ4v) is 2.15. The summed E-state index contributed by atoms with van der Waals surface area (Å²) in [5.74, 6) is -1.13. The maximum absolute atomic E-state index is 12.3. The average molecular weight is 282 g/mol. The summed E-state index contributed by atoms with van der Waals surface area (Å²) in [6, 6.07) is -0.673. The van der Waals surface area contributed by atoms with Gasteiger partial charge in [0.15, 0.2) is 0 Å². The fourth-order valence-electron chi connectivity index (χ4n) is 2.15. The van der Waals surface area contributed by atoms with Crippen molar-refractivity contribution in [3.8, 4) is 0 Å². The van der Waals surface area contributed by atoms with E-state index in [0.29, 0.717) is 13.0 Å². The highest BCUT2D eigenvalue weighted by Gasteiger charge is 2.36. The molecule has 1 rings (SSSR count). The summed E-state index contributed by atoms with van der Waals surface area (Å²) in [5.41, 5.74) is 0. The number of carbonyl (C=O) groups is 2. The predicted octanol–water partition coefficient (Wildman–Crippen LogP) is 1.79. The SMILES string of the molecule is CCN(CC(F)(F)F)C(=O)N1CCC(CC(=O)O)C1. The number of rotatable bonds is 4. The van der Waals surface area contributed by atoms with Gasteiger partial charge < -0.3 is 14.9 Å². The van der Waals surface area contributed by atoms with E-state index in [-0.39, 0.29) is 25.4 Å². The van der Waals surface area contributed by atoms with E-state index in [1.807, 2.05) is 0 Å². The van der Waals surface area contributed by atoms with E-state index < -0.39 is 24.7 Å². The molecule has 1 aliphatic rings. The Morgan fingerprint density at radius 3 is 2.53 bits per heavy atom. The van der Waals surface area contributed by atoms with E-state index in [0.717, 1.165) is 4.90 Å². The monoisotopic (exact) mass is 282 g/mol. The number of hydrogen-bond acceptors (Lipinski definition) is 2. The summed E-state index contributed by atoms with van der Waals surface area (Å²) in [6.45, 7) is 0.694. The molecule has 1 atom stereocenters. The van der Waals surface area contributed by atoms with Gasteiger partial charge in [-0.15, -0.1) is 0 Å². The second kappa shape index (κ2) is 6.12. The number of urea groups is 1. The summed E-state index contributed by atoms with van der Waals surface area (Å²) < 4.78 is 36.9. The molecule has 1 N–H and O–H groups in total. The van der Waals surface area contributed by atoms with Crippen molar-refractivity contribution >= 4 is 12.0 Å². The van der Waals surface area contributed by atoms with E-state index >= 15 is 0 Å². The number of likely N-dealkylation sites (tertiary alicyclic amines) is 1. The first-order valence-electron chi connectivity index (χ1n) is 6.05. The van der Waals surface area contributed by atoms with Crippen LogP contribution in [0.1, 0.15) is 19.8 Å². The molecule has 19 heavy (non-hydrogen) atoms. The first-order valence-corrected chi connectivity index (χ1v) is 6.05. The van der Waals surface area contributed by atoms with Crippen LogP contribution in [0.3, 0.4) is 0 Å². The van der Waals surface area contributed by atoms with Gasteiger partial charge in [0, 0.05) is 26.1 Å². The van der Waals surface area contributed by atoms with Crippen molar-refractivity contribution in [1.82, 2.24) is 9.80 Å². The van der Waals surface area contributed by atoms with Crippen molar-refractivity contribution in [2.75, 3.05) is 26.2 Å². The third-order valence-corrected chi connectivity index (χ3v) is 3.04. The van der Waals surface area contributed by atoms with Gasteiger partial charge in [-0.2, -0.15) is 13.2 Å². The van der Waals surface area contributed by atoms with Gasteiger partial charge in [0.25, 0.3) is 0 Å². The van der Waals surface area contributed by atoms with Crippen LogP contribution in [-0.2, 0) is 4.79 Å². The second-order valence-electron chi connectivity index (χ2n) is 4.61. The molecule has 1 fully saturated rings. The van der Waals surface area contributed by atoms with Crippen molar-refractivity contribution in [3.05, 3.63) is 0 Å². The third-order valence-electron chi connectivity index (χ3n) is 3.04. The maximum Gasteiger partial charge on any atom is 0.406 e. The summed E-state index contributed by atoms with van der Waals surface area (Å²) >= 11 is 0. The molecule has 2 amide bonds. The van der Waals surface area contributed by atoms with Crippen LogP contribution < -0.4 is 0 Å². The van der Waals surface area contributed by atoms with Gasteiger partial charge in [0.2, 0.25) is 0 Å². The Kier molecular flexibility index (Phi) is 5.02. The molecular weight excluding hydrogens is 265 g/mol. The minimum absolute atomic E-state index is 0.0293. The van der Waals surface area contributed by atoms with Gasteiger partial charge >= 0.3 is 18.2 Å². The molecule has 0 bridgehead atoms. The lowest BCUT2D eigenvalue weighted by molar-refractivity contribution is -0.140. The first-order chi connectivity index (χ1) is 8.73.